The summed E-state index contributed by atoms with van der Waals surface area (Å²) in [5, 5.41) is 3.11. The number of anilines is 1. The lowest BCUT2D eigenvalue weighted by Crippen LogP contribution is -2.30. The Hall–Kier alpha value is -1.95. The summed E-state index contributed by atoms with van der Waals surface area (Å²) in [4.78, 5) is 4.38. The van der Waals surface area contributed by atoms with Gasteiger partial charge in [-0.2, -0.15) is 0 Å². The zero-order valence-electron chi connectivity index (χ0n) is 13.1. The Morgan fingerprint density at radius 2 is 2.00 bits per heavy atom. The summed E-state index contributed by atoms with van der Waals surface area (Å²) < 4.78 is 0. The second kappa shape index (κ2) is 6.47. The first-order valence-electron chi connectivity index (χ1n) is 6.90. The maximum Gasteiger partial charge on any atom is 0.194 e. The van der Waals surface area contributed by atoms with E-state index in [0.29, 0.717) is 11.9 Å². The molecule has 0 saturated heterocycles. The zero-order chi connectivity index (χ0) is 15.3. The molecule has 0 aliphatic heterocycles. The Morgan fingerprint density at radius 3 is 2.50 bits per heavy atom. The molecule has 1 rings (SSSR count). The summed E-state index contributed by atoms with van der Waals surface area (Å²) in [6, 6.07) is 7.91. The lowest BCUT2D eigenvalue weighted by molar-refractivity contribution is 0.376. The minimum absolute atomic E-state index is 0.110. The summed E-state index contributed by atoms with van der Waals surface area (Å²) >= 11 is 0. The number of benzene rings is 1. The van der Waals surface area contributed by atoms with E-state index in [1.807, 2.05) is 32.9 Å². The first-order chi connectivity index (χ1) is 9.24. The highest BCUT2D eigenvalue weighted by Gasteiger charge is 2.22. The van der Waals surface area contributed by atoms with Crippen LogP contribution in [0.4, 0.5) is 5.69 Å². The molecule has 0 bridgehead atoms. The van der Waals surface area contributed by atoms with Crippen molar-refractivity contribution in [3.05, 3.63) is 29.8 Å². The highest BCUT2D eigenvalue weighted by atomic mass is 15.1. The standard InChI is InChI=1S/C17H25N3/c1-7-15(17(4,5)6)20-16(18)19-14-10-8-9-13(11-14)12(2)3/h1,8-12,15H,2-6H3,(H3,18,19,20). The maximum atomic E-state index is 5.95. The molecule has 20 heavy (non-hydrogen) atoms. The Labute approximate surface area is 122 Å². The number of nitrogens with two attached hydrogens (primary N) is 1. The van der Waals surface area contributed by atoms with Gasteiger partial charge in [-0.3, -0.25) is 0 Å². The minimum atomic E-state index is -0.247. The van der Waals surface area contributed by atoms with Crippen molar-refractivity contribution in [3.8, 4) is 12.3 Å². The normalized spacial score (nSPS) is 13.9. The number of terminal acetylenes is 1. The van der Waals surface area contributed by atoms with Crippen LogP contribution >= 0.6 is 0 Å². The van der Waals surface area contributed by atoms with Crippen LogP contribution in [0.1, 0.15) is 46.1 Å². The van der Waals surface area contributed by atoms with Crippen LogP contribution in [0.2, 0.25) is 0 Å². The third-order valence-electron chi connectivity index (χ3n) is 3.07. The van der Waals surface area contributed by atoms with Gasteiger partial charge < -0.3 is 11.1 Å². The second-order valence-corrected chi connectivity index (χ2v) is 6.35. The third-order valence-corrected chi connectivity index (χ3v) is 3.07. The summed E-state index contributed by atoms with van der Waals surface area (Å²) in [5.41, 5.74) is 8.03. The van der Waals surface area contributed by atoms with Gasteiger partial charge in [0.05, 0.1) is 0 Å². The van der Waals surface area contributed by atoms with E-state index >= 15 is 0 Å². The van der Waals surface area contributed by atoms with E-state index in [0.717, 1.165) is 5.69 Å². The summed E-state index contributed by atoms with van der Waals surface area (Å²) in [5.74, 6) is 3.51. The quantitative estimate of drug-likeness (QED) is 0.501. The fraction of sp³-hybridized carbons (Fsp3) is 0.471. The molecule has 3 nitrogen and oxygen atoms in total. The van der Waals surface area contributed by atoms with Gasteiger partial charge in [-0.05, 0) is 29.0 Å². The smallest absolute Gasteiger partial charge is 0.194 e. The molecule has 108 valence electrons. The van der Waals surface area contributed by atoms with Crippen LogP contribution in [0.3, 0.4) is 0 Å². The number of hydrogen-bond acceptors (Lipinski definition) is 1. The number of rotatable bonds is 3. The van der Waals surface area contributed by atoms with Crippen molar-refractivity contribution in [2.24, 2.45) is 16.1 Å². The van der Waals surface area contributed by atoms with Crippen molar-refractivity contribution in [1.29, 1.82) is 0 Å². The lowest BCUT2D eigenvalue weighted by Gasteiger charge is -2.23. The van der Waals surface area contributed by atoms with Crippen molar-refractivity contribution >= 4 is 11.6 Å². The fourth-order valence-electron chi connectivity index (χ4n) is 1.78. The average molecular weight is 271 g/mol. The van der Waals surface area contributed by atoms with Gasteiger partial charge in [-0.1, -0.05) is 52.7 Å². The van der Waals surface area contributed by atoms with Gasteiger partial charge in [-0.15, -0.1) is 6.42 Å². The topological polar surface area (TPSA) is 50.4 Å². The van der Waals surface area contributed by atoms with Crippen LogP contribution < -0.4 is 11.1 Å². The Kier molecular flexibility index (Phi) is 5.21. The number of guanidine groups is 1. The fourth-order valence-corrected chi connectivity index (χ4v) is 1.78. The molecule has 1 unspecified atom stereocenters. The van der Waals surface area contributed by atoms with E-state index in [-0.39, 0.29) is 11.5 Å². The highest BCUT2D eigenvalue weighted by Crippen LogP contribution is 2.22. The van der Waals surface area contributed by atoms with Gasteiger partial charge >= 0.3 is 0 Å². The van der Waals surface area contributed by atoms with Gasteiger partial charge in [0.25, 0.3) is 0 Å². The molecule has 0 aliphatic rings. The molecule has 0 radical (unpaired) electrons. The first-order valence-corrected chi connectivity index (χ1v) is 6.90. The number of aliphatic imine (C=N–C) groups is 1. The number of nitrogens with zero attached hydrogens (tertiary/aromatic N) is 1. The van der Waals surface area contributed by atoms with Crippen molar-refractivity contribution in [2.45, 2.75) is 46.6 Å². The van der Waals surface area contributed by atoms with E-state index in [2.05, 4.69) is 42.2 Å². The van der Waals surface area contributed by atoms with Gasteiger partial charge in [0.15, 0.2) is 5.96 Å². The highest BCUT2D eigenvalue weighted by molar-refractivity contribution is 5.92. The molecule has 0 heterocycles. The molecular weight excluding hydrogens is 246 g/mol. The second-order valence-electron chi connectivity index (χ2n) is 6.35. The van der Waals surface area contributed by atoms with E-state index in [1.54, 1.807) is 0 Å². The molecule has 0 saturated carbocycles. The van der Waals surface area contributed by atoms with E-state index in [4.69, 9.17) is 12.2 Å². The van der Waals surface area contributed by atoms with Gasteiger partial charge in [0.1, 0.15) is 6.04 Å². The molecule has 0 spiro atoms. The SMILES string of the molecule is C#CC(N=C(N)Nc1cccc(C(C)C)c1)C(C)(C)C. The van der Waals surface area contributed by atoms with Gasteiger partial charge in [0.2, 0.25) is 0 Å². The van der Waals surface area contributed by atoms with Gasteiger partial charge in [0, 0.05) is 5.69 Å². The molecule has 0 fully saturated rings. The monoisotopic (exact) mass is 271 g/mol. The molecule has 0 amide bonds. The van der Waals surface area contributed by atoms with Crippen molar-refractivity contribution in [2.75, 3.05) is 5.32 Å². The van der Waals surface area contributed by atoms with Crippen LogP contribution in [-0.2, 0) is 0 Å². The molecule has 1 aromatic carbocycles. The number of nitrogens with one attached hydrogen (secondary N) is 1. The lowest BCUT2D eigenvalue weighted by atomic mass is 9.88. The summed E-state index contributed by atoms with van der Waals surface area (Å²) in [7, 11) is 0. The van der Waals surface area contributed by atoms with Gasteiger partial charge in [-0.25, -0.2) is 4.99 Å². The van der Waals surface area contributed by atoms with Crippen LogP contribution in [0.5, 0.6) is 0 Å². The van der Waals surface area contributed by atoms with Crippen LogP contribution in [0, 0.1) is 17.8 Å². The molecular formula is C17H25N3. The largest absolute Gasteiger partial charge is 0.370 e. The minimum Gasteiger partial charge on any atom is -0.370 e. The van der Waals surface area contributed by atoms with Crippen molar-refractivity contribution in [3.63, 3.8) is 0 Å². The molecule has 3 heteroatoms. The molecule has 1 aromatic rings. The third kappa shape index (κ3) is 4.62. The summed E-state index contributed by atoms with van der Waals surface area (Å²) in [6.45, 7) is 10.5. The Balaban J connectivity index is 2.88. The predicted molar refractivity (Wildman–Crippen MR) is 87.9 cm³/mol. The molecule has 0 aromatic heterocycles. The van der Waals surface area contributed by atoms with Crippen LogP contribution in [-0.4, -0.2) is 12.0 Å². The van der Waals surface area contributed by atoms with E-state index in [1.165, 1.54) is 5.56 Å². The van der Waals surface area contributed by atoms with Crippen LogP contribution in [0.25, 0.3) is 0 Å². The molecule has 0 aliphatic carbocycles. The number of hydrogen-bond donors (Lipinski definition) is 2. The maximum absolute atomic E-state index is 5.95. The predicted octanol–water partition coefficient (Wildman–Crippen LogP) is 3.58. The summed E-state index contributed by atoms with van der Waals surface area (Å²) in [6.07, 6.45) is 5.52. The van der Waals surface area contributed by atoms with E-state index < -0.39 is 0 Å². The zero-order valence-corrected chi connectivity index (χ0v) is 13.1. The first kappa shape index (κ1) is 16.1. The van der Waals surface area contributed by atoms with E-state index in [9.17, 15) is 0 Å². The van der Waals surface area contributed by atoms with Crippen molar-refractivity contribution in [1.82, 2.24) is 0 Å². The molecule has 1 atom stereocenters. The molecule has 3 N–H and O–H groups in total. The average Bonchev–Trinajstić information content (AvgIpc) is 2.34. The Bertz CT molecular complexity index is 516. The van der Waals surface area contributed by atoms with Crippen molar-refractivity contribution < 1.29 is 0 Å². The Morgan fingerprint density at radius 1 is 1.35 bits per heavy atom. The van der Waals surface area contributed by atoms with Crippen LogP contribution in [0.15, 0.2) is 29.3 Å².